The van der Waals surface area contributed by atoms with Gasteiger partial charge in [-0.25, -0.2) is 8.42 Å². The topological polar surface area (TPSA) is 84.1 Å². The third-order valence-electron chi connectivity index (χ3n) is 3.23. The molecule has 0 spiro atoms. The third-order valence-corrected chi connectivity index (χ3v) is 4.91. The molecule has 2 aromatic carbocycles. The van der Waals surface area contributed by atoms with Gasteiger partial charge in [-0.05, 0) is 25.1 Å². The fraction of sp³-hybridized carbons (Fsp3) is 0.133. The Morgan fingerprint density at radius 1 is 1.30 bits per heavy atom. The van der Waals surface area contributed by atoms with Gasteiger partial charge < -0.3 is 4.74 Å². The molecule has 0 radical (unpaired) electrons. The van der Waals surface area contributed by atoms with Crippen LogP contribution in [0.25, 0.3) is 10.9 Å². The Morgan fingerprint density at radius 2 is 2.13 bits per heavy atom. The van der Waals surface area contributed by atoms with Crippen LogP contribution in [-0.2, 0) is 10.0 Å². The molecule has 2 N–H and O–H groups in total. The monoisotopic (exact) mass is 351 g/mol. The van der Waals surface area contributed by atoms with E-state index in [1.54, 1.807) is 25.3 Å². The molecule has 6 nitrogen and oxygen atoms in total. The minimum absolute atomic E-state index is 0.0712. The number of rotatable bonds is 5. The molecule has 1 heterocycles. The lowest BCUT2D eigenvalue weighted by atomic mass is 10.2. The van der Waals surface area contributed by atoms with Crippen molar-refractivity contribution in [1.82, 2.24) is 10.2 Å². The van der Waals surface area contributed by atoms with Crippen molar-refractivity contribution >= 4 is 38.2 Å². The van der Waals surface area contributed by atoms with Gasteiger partial charge in [0, 0.05) is 11.5 Å². The second-order valence-corrected chi connectivity index (χ2v) is 6.86. The lowest BCUT2D eigenvalue weighted by Gasteiger charge is -2.11. The smallest absolute Gasteiger partial charge is 0.262 e. The van der Waals surface area contributed by atoms with Gasteiger partial charge in [0.25, 0.3) is 10.0 Å². The molecule has 0 saturated carbocycles. The van der Waals surface area contributed by atoms with Crippen molar-refractivity contribution < 1.29 is 13.2 Å². The van der Waals surface area contributed by atoms with Crippen molar-refractivity contribution in [2.24, 2.45) is 0 Å². The van der Waals surface area contributed by atoms with Crippen LogP contribution in [0.3, 0.4) is 0 Å². The Bertz CT molecular complexity index is 954. The quantitative estimate of drug-likeness (QED) is 0.737. The summed E-state index contributed by atoms with van der Waals surface area (Å²) in [6.07, 6.45) is 1.63. The predicted octanol–water partition coefficient (Wildman–Crippen LogP) is 3.42. The van der Waals surface area contributed by atoms with Crippen LogP contribution in [0, 0.1) is 0 Å². The Morgan fingerprint density at radius 3 is 2.91 bits per heavy atom. The van der Waals surface area contributed by atoms with E-state index in [-0.39, 0.29) is 4.90 Å². The summed E-state index contributed by atoms with van der Waals surface area (Å²) in [5, 5.41) is 7.88. The van der Waals surface area contributed by atoms with Crippen molar-refractivity contribution in [3.63, 3.8) is 0 Å². The molecule has 0 bridgehead atoms. The highest BCUT2D eigenvalue weighted by atomic mass is 35.5. The number of hydrogen-bond donors (Lipinski definition) is 2. The standard InChI is InChI=1S/C15H14ClN3O3S/c1-2-22-14-8-11(6-7-12(14)16)23(20,21)19-13-5-3-4-10-9-17-18-15(10)13/h3-9,19H,2H2,1H3,(H,17,18). The maximum absolute atomic E-state index is 12.6. The van der Waals surface area contributed by atoms with Crippen molar-refractivity contribution in [3.8, 4) is 5.75 Å². The maximum Gasteiger partial charge on any atom is 0.262 e. The highest BCUT2D eigenvalue weighted by Crippen LogP contribution is 2.29. The number of para-hydroxylation sites is 1. The Labute approximate surface area is 138 Å². The van der Waals surface area contributed by atoms with Crippen LogP contribution in [0.5, 0.6) is 5.75 Å². The molecule has 0 aliphatic carbocycles. The van der Waals surface area contributed by atoms with Crippen molar-refractivity contribution in [1.29, 1.82) is 0 Å². The number of ether oxygens (including phenoxy) is 1. The van der Waals surface area contributed by atoms with Gasteiger partial charge in [0.1, 0.15) is 5.75 Å². The number of halogens is 1. The molecular formula is C15H14ClN3O3S. The highest BCUT2D eigenvalue weighted by Gasteiger charge is 2.18. The van der Waals surface area contributed by atoms with Gasteiger partial charge in [-0.1, -0.05) is 23.7 Å². The number of anilines is 1. The first-order chi connectivity index (χ1) is 11.0. The van der Waals surface area contributed by atoms with Gasteiger partial charge in [-0.15, -0.1) is 0 Å². The fourth-order valence-corrected chi connectivity index (χ4v) is 3.43. The van der Waals surface area contributed by atoms with E-state index >= 15 is 0 Å². The van der Waals surface area contributed by atoms with Crippen molar-refractivity contribution in [2.75, 3.05) is 11.3 Å². The zero-order valence-corrected chi connectivity index (χ0v) is 13.8. The zero-order valence-electron chi connectivity index (χ0n) is 12.2. The number of nitrogens with one attached hydrogen (secondary N) is 2. The van der Waals surface area contributed by atoms with Crippen LogP contribution in [0.15, 0.2) is 47.5 Å². The van der Waals surface area contributed by atoms with Gasteiger partial charge in [0.15, 0.2) is 0 Å². The third kappa shape index (κ3) is 3.11. The number of nitrogens with zero attached hydrogens (tertiary/aromatic N) is 1. The Kier molecular flexibility index (Phi) is 4.14. The van der Waals surface area contributed by atoms with Gasteiger partial charge in [0.2, 0.25) is 0 Å². The largest absolute Gasteiger partial charge is 0.492 e. The molecule has 8 heteroatoms. The molecule has 3 aromatic rings. The van der Waals surface area contributed by atoms with Crippen LogP contribution in [-0.4, -0.2) is 25.2 Å². The van der Waals surface area contributed by atoms with E-state index in [9.17, 15) is 8.42 Å². The number of benzene rings is 2. The molecule has 1 aromatic heterocycles. The van der Waals surface area contributed by atoms with Gasteiger partial charge >= 0.3 is 0 Å². The molecule has 0 aliphatic rings. The van der Waals surface area contributed by atoms with Gasteiger partial charge in [0.05, 0.1) is 33.9 Å². The van der Waals surface area contributed by atoms with E-state index in [1.807, 2.05) is 6.07 Å². The maximum atomic E-state index is 12.6. The molecule has 23 heavy (non-hydrogen) atoms. The molecule has 0 saturated heterocycles. The number of fused-ring (bicyclic) bond motifs is 1. The molecule has 0 atom stereocenters. The second-order valence-electron chi connectivity index (χ2n) is 4.77. The second kappa shape index (κ2) is 6.10. The van der Waals surface area contributed by atoms with Crippen molar-refractivity contribution in [3.05, 3.63) is 47.6 Å². The SMILES string of the molecule is CCOc1cc(S(=O)(=O)Nc2cccc3cn[nH]c23)ccc1Cl. The first-order valence-corrected chi connectivity index (χ1v) is 8.74. The summed E-state index contributed by atoms with van der Waals surface area (Å²) in [5.41, 5.74) is 1.04. The number of aromatic nitrogens is 2. The van der Waals surface area contributed by atoms with E-state index in [1.165, 1.54) is 18.2 Å². The van der Waals surface area contributed by atoms with E-state index in [0.29, 0.717) is 28.6 Å². The number of hydrogen-bond acceptors (Lipinski definition) is 4. The van der Waals surface area contributed by atoms with E-state index in [4.69, 9.17) is 16.3 Å². The summed E-state index contributed by atoms with van der Waals surface area (Å²) in [5.74, 6) is 0.330. The molecule has 0 amide bonds. The molecule has 0 unspecified atom stereocenters. The minimum atomic E-state index is -3.78. The predicted molar refractivity (Wildman–Crippen MR) is 89.5 cm³/mol. The Balaban J connectivity index is 1.99. The van der Waals surface area contributed by atoms with E-state index in [2.05, 4.69) is 14.9 Å². The molecule has 0 fully saturated rings. The lowest BCUT2D eigenvalue weighted by molar-refractivity contribution is 0.339. The van der Waals surface area contributed by atoms with Crippen LogP contribution < -0.4 is 9.46 Å². The van der Waals surface area contributed by atoms with Gasteiger partial charge in [-0.2, -0.15) is 5.10 Å². The van der Waals surface area contributed by atoms with Crippen LogP contribution in [0.1, 0.15) is 6.92 Å². The number of sulfonamides is 1. The number of aromatic amines is 1. The molecule has 120 valence electrons. The summed E-state index contributed by atoms with van der Waals surface area (Å²) in [7, 11) is -3.78. The fourth-order valence-electron chi connectivity index (χ4n) is 2.17. The molecule has 0 aliphatic heterocycles. The average molecular weight is 352 g/mol. The van der Waals surface area contributed by atoms with Crippen LogP contribution in [0.4, 0.5) is 5.69 Å². The Hall–Kier alpha value is -2.25. The first-order valence-electron chi connectivity index (χ1n) is 6.88. The molecular weight excluding hydrogens is 338 g/mol. The van der Waals surface area contributed by atoms with E-state index in [0.717, 1.165) is 5.39 Å². The normalized spacial score (nSPS) is 11.6. The zero-order chi connectivity index (χ0) is 16.4. The summed E-state index contributed by atoms with van der Waals surface area (Å²) in [6.45, 7) is 2.19. The van der Waals surface area contributed by atoms with Crippen LogP contribution in [0.2, 0.25) is 5.02 Å². The van der Waals surface area contributed by atoms with E-state index < -0.39 is 10.0 Å². The summed E-state index contributed by atoms with van der Waals surface area (Å²) in [6, 6.07) is 9.59. The molecule has 3 rings (SSSR count). The summed E-state index contributed by atoms with van der Waals surface area (Å²) >= 11 is 6.00. The summed E-state index contributed by atoms with van der Waals surface area (Å²) < 4.78 is 33.1. The van der Waals surface area contributed by atoms with Crippen molar-refractivity contribution in [2.45, 2.75) is 11.8 Å². The highest BCUT2D eigenvalue weighted by molar-refractivity contribution is 7.92. The first kappa shape index (κ1) is 15.6. The number of H-pyrrole nitrogens is 1. The minimum Gasteiger partial charge on any atom is -0.492 e. The van der Waals surface area contributed by atoms with Gasteiger partial charge in [-0.3, -0.25) is 9.82 Å². The summed E-state index contributed by atoms with van der Waals surface area (Å²) in [4.78, 5) is 0.0712. The average Bonchev–Trinajstić information content (AvgIpc) is 2.99. The lowest BCUT2D eigenvalue weighted by Crippen LogP contribution is -2.13. The van der Waals surface area contributed by atoms with Crippen LogP contribution >= 0.6 is 11.6 Å².